The molecule has 0 radical (unpaired) electrons. The summed E-state index contributed by atoms with van der Waals surface area (Å²) in [4.78, 5) is 2.40. The van der Waals surface area contributed by atoms with Gasteiger partial charge in [-0.2, -0.15) is 0 Å². The zero-order chi connectivity index (χ0) is 19.6. The Morgan fingerprint density at radius 1 is 0.731 bits per heavy atom. The molecule has 0 aromatic carbocycles. The van der Waals surface area contributed by atoms with Crippen molar-refractivity contribution in [3.8, 4) is 0 Å². The second-order valence-electron chi connectivity index (χ2n) is 7.67. The van der Waals surface area contributed by atoms with Crippen LogP contribution in [0, 0.1) is 0 Å². The third-order valence-corrected chi connectivity index (χ3v) is 4.67. The lowest BCUT2D eigenvalue weighted by molar-refractivity contribution is 0.217. The molecule has 158 valence electrons. The van der Waals surface area contributed by atoms with Crippen LogP contribution in [-0.2, 0) is 0 Å². The Morgan fingerprint density at radius 3 is 2.12 bits per heavy atom. The van der Waals surface area contributed by atoms with Crippen LogP contribution >= 0.6 is 0 Å². The van der Waals surface area contributed by atoms with E-state index in [0.29, 0.717) is 18.2 Å². The summed E-state index contributed by atoms with van der Waals surface area (Å²) in [5.41, 5.74) is 0. The van der Waals surface area contributed by atoms with Crippen LogP contribution in [0.1, 0.15) is 53.9 Å². The van der Waals surface area contributed by atoms with Crippen LogP contribution < -0.4 is 26.6 Å². The summed E-state index contributed by atoms with van der Waals surface area (Å²) in [6, 6.07) is 1.15. The van der Waals surface area contributed by atoms with Crippen molar-refractivity contribution in [3.63, 3.8) is 0 Å². The molecule has 6 heteroatoms. The molecule has 0 aliphatic carbocycles. The molecular weight excluding hydrogens is 324 g/mol. The third-order valence-electron chi connectivity index (χ3n) is 4.67. The Labute approximate surface area is 163 Å². The van der Waals surface area contributed by atoms with Gasteiger partial charge < -0.3 is 26.6 Å². The van der Waals surface area contributed by atoms with E-state index in [1.807, 2.05) is 0 Å². The first-order chi connectivity index (χ1) is 12.5. The first-order valence-corrected chi connectivity index (χ1v) is 10.8. The molecule has 26 heavy (non-hydrogen) atoms. The molecule has 0 amide bonds. The van der Waals surface area contributed by atoms with Crippen molar-refractivity contribution in [2.24, 2.45) is 0 Å². The summed E-state index contributed by atoms with van der Waals surface area (Å²) >= 11 is 0. The number of nitrogens with one attached hydrogen (secondary N) is 5. The van der Waals surface area contributed by atoms with Crippen molar-refractivity contribution in [1.29, 1.82) is 0 Å². The summed E-state index contributed by atoms with van der Waals surface area (Å²) in [6.07, 6.45) is 4.01. The maximum Gasteiger partial charge on any atom is 0.0565 e. The first-order valence-electron chi connectivity index (χ1n) is 10.8. The Bertz CT molecular complexity index is 287. The van der Waals surface area contributed by atoms with Crippen LogP contribution in [0.4, 0.5) is 0 Å². The number of rotatable bonds is 19. The lowest BCUT2D eigenvalue weighted by Crippen LogP contribution is -2.43. The van der Waals surface area contributed by atoms with Crippen molar-refractivity contribution in [2.45, 2.75) is 72.1 Å². The van der Waals surface area contributed by atoms with Gasteiger partial charge in [-0.25, -0.2) is 0 Å². The highest BCUT2D eigenvalue weighted by Gasteiger charge is 2.07. The summed E-state index contributed by atoms with van der Waals surface area (Å²) in [7, 11) is 2.21. The van der Waals surface area contributed by atoms with Crippen LogP contribution in [0.5, 0.6) is 0 Å². The molecule has 2 atom stereocenters. The molecular formula is C20H48N6. The standard InChI is InChI=1S/C20H48N6/c1-7-21-11-8-13-25-20(5)26(6)17-9-12-22-14-10-19(4)24-16-15-23-18(2)3/h18-25H,7-17H2,1-6H3. The normalized spacial score (nSPS) is 14.3. The van der Waals surface area contributed by atoms with E-state index in [-0.39, 0.29) is 0 Å². The van der Waals surface area contributed by atoms with E-state index in [9.17, 15) is 0 Å². The smallest absolute Gasteiger partial charge is 0.0565 e. The average Bonchev–Trinajstić information content (AvgIpc) is 2.60. The summed E-state index contributed by atoms with van der Waals surface area (Å²) < 4.78 is 0. The van der Waals surface area contributed by atoms with Crippen LogP contribution in [0.25, 0.3) is 0 Å². The third kappa shape index (κ3) is 17.2. The SMILES string of the molecule is CCNCCCNC(C)N(C)CCCNCCC(C)NCCNC(C)C. The molecule has 0 aromatic heterocycles. The Balaban J connectivity index is 3.44. The van der Waals surface area contributed by atoms with E-state index >= 15 is 0 Å². The van der Waals surface area contributed by atoms with Crippen molar-refractivity contribution in [1.82, 2.24) is 31.5 Å². The molecule has 0 aliphatic heterocycles. The van der Waals surface area contributed by atoms with Crippen molar-refractivity contribution in [3.05, 3.63) is 0 Å². The Kier molecular flexibility index (Phi) is 18.0. The molecule has 0 saturated heterocycles. The molecule has 0 rings (SSSR count). The zero-order valence-electron chi connectivity index (χ0n) is 18.5. The largest absolute Gasteiger partial charge is 0.317 e. The highest BCUT2D eigenvalue weighted by Crippen LogP contribution is 1.94. The monoisotopic (exact) mass is 372 g/mol. The van der Waals surface area contributed by atoms with Gasteiger partial charge in [0.2, 0.25) is 0 Å². The van der Waals surface area contributed by atoms with E-state index in [2.05, 4.69) is 73.2 Å². The predicted octanol–water partition coefficient (Wildman–Crippen LogP) is 1.20. The Morgan fingerprint density at radius 2 is 1.42 bits per heavy atom. The van der Waals surface area contributed by atoms with Crippen LogP contribution in [0.2, 0.25) is 0 Å². The molecule has 6 nitrogen and oxygen atoms in total. The fourth-order valence-corrected chi connectivity index (χ4v) is 2.73. The van der Waals surface area contributed by atoms with Crippen molar-refractivity contribution in [2.75, 3.05) is 59.4 Å². The zero-order valence-corrected chi connectivity index (χ0v) is 18.5. The van der Waals surface area contributed by atoms with Gasteiger partial charge in [-0.05, 0) is 72.9 Å². The number of hydrogen-bond donors (Lipinski definition) is 5. The van der Waals surface area contributed by atoms with Gasteiger partial charge in [-0.3, -0.25) is 4.90 Å². The van der Waals surface area contributed by atoms with E-state index in [1.54, 1.807) is 0 Å². The fraction of sp³-hybridized carbons (Fsp3) is 1.00. The minimum atomic E-state index is 0.445. The van der Waals surface area contributed by atoms with Gasteiger partial charge in [0.05, 0.1) is 6.17 Å². The summed E-state index contributed by atoms with van der Waals surface area (Å²) in [5, 5.41) is 17.5. The molecule has 0 fully saturated rings. The van der Waals surface area contributed by atoms with Crippen LogP contribution in [0.15, 0.2) is 0 Å². The Hall–Kier alpha value is -0.240. The van der Waals surface area contributed by atoms with Gasteiger partial charge in [0.1, 0.15) is 0 Å². The molecule has 0 bridgehead atoms. The van der Waals surface area contributed by atoms with E-state index in [0.717, 1.165) is 52.4 Å². The van der Waals surface area contributed by atoms with Crippen molar-refractivity contribution < 1.29 is 0 Å². The average molecular weight is 373 g/mol. The highest BCUT2D eigenvalue weighted by atomic mass is 15.2. The van der Waals surface area contributed by atoms with Crippen LogP contribution in [0.3, 0.4) is 0 Å². The molecule has 0 spiro atoms. The minimum absolute atomic E-state index is 0.445. The molecule has 2 unspecified atom stereocenters. The van der Waals surface area contributed by atoms with Crippen LogP contribution in [-0.4, -0.2) is 82.6 Å². The first kappa shape index (κ1) is 25.8. The molecule has 0 heterocycles. The van der Waals surface area contributed by atoms with E-state index in [1.165, 1.54) is 19.3 Å². The maximum absolute atomic E-state index is 3.59. The maximum atomic E-state index is 3.59. The lowest BCUT2D eigenvalue weighted by Gasteiger charge is -2.26. The molecule has 0 aliphatic rings. The fourth-order valence-electron chi connectivity index (χ4n) is 2.73. The number of hydrogen-bond acceptors (Lipinski definition) is 6. The van der Waals surface area contributed by atoms with E-state index in [4.69, 9.17) is 0 Å². The quantitative estimate of drug-likeness (QED) is 0.173. The predicted molar refractivity (Wildman–Crippen MR) is 116 cm³/mol. The van der Waals surface area contributed by atoms with Gasteiger partial charge in [-0.1, -0.05) is 20.8 Å². The second kappa shape index (κ2) is 18.1. The summed E-state index contributed by atoms with van der Waals surface area (Å²) in [6.45, 7) is 19.7. The molecule has 0 saturated carbocycles. The summed E-state index contributed by atoms with van der Waals surface area (Å²) in [5.74, 6) is 0. The van der Waals surface area contributed by atoms with Gasteiger partial charge >= 0.3 is 0 Å². The highest BCUT2D eigenvalue weighted by molar-refractivity contribution is 4.66. The van der Waals surface area contributed by atoms with Gasteiger partial charge in [-0.15, -0.1) is 0 Å². The lowest BCUT2D eigenvalue weighted by atomic mass is 10.2. The van der Waals surface area contributed by atoms with Gasteiger partial charge in [0.25, 0.3) is 0 Å². The van der Waals surface area contributed by atoms with Crippen molar-refractivity contribution >= 4 is 0 Å². The molecule has 0 aromatic rings. The second-order valence-corrected chi connectivity index (χ2v) is 7.67. The van der Waals surface area contributed by atoms with E-state index < -0.39 is 0 Å². The molecule has 5 N–H and O–H groups in total. The minimum Gasteiger partial charge on any atom is -0.317 e. The topological polar surface area (TPSA) is 63.4 Å². The number of nitrogens with zero attached hydrogens (tertiary/aromatic N) is 1. The van der Waals surface area contributed by atoms with Gasteiger partial charge in [0, 0.05) is 31.7 Å². The van der Waals surface area contributed by atoms with Gasteiger partial charge in [0.15, 0.2) is 0 Å².